The van der Waals surface area contributed by atoms with E-state index < -0.39 is 6.10 Å². The zero-order valence-corrected chi connectivity index (χ0v) is 11.3. The summed E-state index contributed by atoms with van der Waals surface area (Å²) in [6, 6.07) is 7.22. The maximum atomic E-state index is 12.1. The lowest BCUT2D eigenvalue weighted by Gasteiger charge is -2.12. The van der Waals surface area contributed by atoms with Crippen molar-refractivity contribution in [3.05, 3.63) is 24.3 Å². The summed E-state index contributed by atoms with van der Waals surface area (Å²) in [6.45, 7) is 0.448. The fraction of sp³-hybridized carbons (Fsp3) is 0.385. The summed E-state index contributed by atoms with van der Waals surface area (Å²) in [5, 5.41) is 16.5. The number of rotatable bonds is 4. The Morgan fingerprint density at radius 1 is 1.38 bits per heavy atom. The molecule has 3 rings (SSSR count). The van der Waals surface area contributed by atoms with Gasteiger partial charge in [-0.25, -0.2) is 0 Å². The summed E-state index contributed by atoms with van der Waals surface area (Å²) in [5.74, 6) is 0.371. The Morgan fingerprint density at radius 3 is 2.81 bits per heavy atom. The minimum atomic E-state index is -0.421. The zero-order valence-electron chi connectivity index (χ0n) is 11.3. The third-order valence-corrected chi connectivity index (χ3v) is 3.42. The van der Waals surface area contributed by atoms with E-state index in [4.69, 9.17) is 10.5 Å². The predicted octanol–water partition coefficient (Wildman–Crippen LogP) is 0.311. The van der Waals surface area contributed by atoms with E-state index in [1.165, 1.54) is 0 Å². The first-order valence-corrected chi connectivity index (χ1v) is 6.76. The molecule has 21 heavy (non-hydrogen) atoms. The van der Waals surface area contributed by atoms with Gasteiger partial charge in [0.25, 0.3) is 5.91 Å². The number of anilines is 1. The van der Waals surface area contributed by atoms with Gasteiger partial charge < -0.3 is 15.8 Å². The summed E-state index contributed by atoms with van der Waals surface area (Å²) >= 11 is 0. The highest BCUT2D eigenvalue weighted by Gasteiger charge is 2.29. The first kappa shape index (κ1) is 13.7. The Labute approximate surface area is 121 Å². The fourth-order valence-electron chi connectivity index (χ4n) is 2.28. The second kappa shape index (κ2) is 5.98. The van der Waals surface area contributed by atoms with Crippen LogP contribution in [0.3, 0.4) is 0 Å². The molecule has 4 N–H and O–H groups in total. The lowest BCUT2D eigenvalue weighted by atomic mass is 10.1. The number of aromatic nitrogens is 4. The highest BCUT2D eigenvalue weighted by Crippen LogP contribution is 2.21. The molecule has 0 bridgehead atoms. The SMILES string of the molecule is NC[C@H]1CC[C@@H](C(=O)Nc2ccc(-c3nn[nH]n3)cc2)O1. The first-order valence-electron chi connectivity index (χ1n) is 6.76. The maximum absolute atomic E-state index is 12.1. The van der Waals surface area contributed by atoms with E-state index in [-0.39, 0.29) is 12.0 Å². The Bertz CT molecular complexity index is 598. The number of nitrogens with zero attached hydrogens (tertiary/aromatic N) is 3. The molecule has 8 heteroatoms. The molecule has 0 unspecified atom stereocenters. The monoisotopic (exact) mass is 288 g/mol. The second-order valence-corrected chi connectivity index (χ2v) is 4.86. The quantitative estimate of drug-likeness (QED) is 0.745. The molecule has 0 spiro atoms. The summed E-state index contributed by atoms with van der Waals surface area (Å²) in [4.78, 5) is 12.1. The van der Waals surface area contributed by atoms with E-state index in [2.05, 4.69) is 25.9 Å². The van der Waals surface area contributed by atoms with E-state index >= 15 is 0 Å². The average molecular weight is 288 g/mol. The summed E-state index contributed by atoms with van der Waals surface area (Å²) in [5.41, 5.74) is 7.06. The van der Waals surface area contributed by atoms with Crippen molar-refractivity contribution >= 4 is 11.6 Å². The Morgan fingerprint density at radius 2 is 2.19 bits per heavy atom. The number of tetrazole rings is 1. The molecule has 2 heterocycles. The lowest BCUT2D eigenvalue weighted by molar-refractivity contribution is -0.126. The number of hydrogen-bond acceptors (Lipinski definition) is 6. The smallest absolute Gasteiger partial charge is 0.253 e. The molecule has 0 radical (unpaired) electrons. The number of nitrogens with one attached hydrogen (secondary N) is 2. The topological polar surface area (TPSA) is 119 Å². The van der Waals surface area contributed by atoms with Gasteiger partial charge >= 0.3 is 0 Å². The van der Waals surface area contributed by atoms with Crippen molar-refractivity contribution in [3.63, 3.8) is 0 Å². The molecule has 8 nitrogen and oxygen atoms in total. The molecule has 1 amide bonds. The predicted molar refractivity (Wildman–Crippen MR) is 75.2 cm³/mol. The van der Waals surface area contributed by atoms with E-state index in [1.54, 1.807) is 12.1 Å². The van der Waals surface area contributed by atoms with Gasteiger partial charge in [-0.2, -0.15) is 5.21 Å². The molecule has 1 fully saturated rings. The minimum Gasteiger partial charge on any atom is -0.364 e. The number of nitrogens with two attached hydrogens (primary N) is 1. The number of benzene rings is 1. The Hall–Kier alpha value is -2.32. The van der Waals surface area contributed by atoms with Crippen molar-refractivity contribution in [2.75, 3.05) is 11.9 Å². The van der Waals surface area contributed by atoms with Gasteiger partial charge in [-0.1, -0.05) is 0 Å². The van der Waals surface area contributed by atoms with Crippen LogP contribution in [0.2, 0.25) is 0 Å². The van der Waals surface area contributed by atoms with Crippen LogP contribution < -0.4 is 11.1 Å². The Kier molecular flexibility index (Phi) is 3.89. The third kappa shape index (κ3) is 3.06. The normalized spacial score (nSPS) is 21.4. The molecular weight excluding hydrogens is 272 g/mol. The number of ether oxygens (including phenoxy) is 1. The van der Waals surface area contributed by atoms with Crippen LogP contribution in [0, 0.1) is 0 Å². The van der Waals surface area contributed by atoms with Gasteiger partial charge in [0.05, 0.1) is 6.10 Å². The van der Waals surface area contributed by atoms with Crippen LogP contribution in [0.15, 0.2) is 24.3 Å². The molecule has 1 aliphatic rings. The van der Waals surface area contributed by atoms with Crippen molar-refractivity contribution < 1.29 is 9.53 Å². The molecule has 2 aromatic rings. The van der Waals surface area contributed by atoms with Crippen molar-refractivity contribution in [2.45, 2.75) is 25.0 Å². The van der Waals surface area contributed by atoms with Gasteiger partial charge in [0.1, 0.15) is 6.10 Å². The zero-order chi connectivity index (χ0) is 14.7. The summed E-state index contributed by atoms with van der Waals surface area (Å²) < 4.78 is 5.56. The van der Waals surface area contributed by atoms with Gasteiger partial charge in [-0.05, 0) is 42.3 Å². The minimum absolute atomic E-state index is 0.0126. The average Bonchev–Trinajstić information content (AvgIpc) is 3.19. The van der Waals surface area contributed by atoms with E-state index in [9.17, 15) is 4.79 Å². The largest absolute Gasteiger partial charge is 0.364 e. The number of aromatic amines is 1. The van der Waals surface area contributed by atoms with E-state index in [1.807, 2.05) is 12.1 Å². The molecule has 110 valence electrons. The van der Waals surface area contributed by atoms with Crippen molar-refractivity contribution in [1.82, 2.24) is 20.6 Å². The molecule has 2 atom stereocenters. The second-order valence-electron chi connectivity index (χ2n) is 4.86. The summed E-state index contributed by atoms with van der Waals surface area (Å²) in [6.07, 6.45) is 1.09. The fourth-order valence-corrected chi connectivity index (χ4v) is 2.28. The van der Waals surface area contributed by atoms with Gasteiger partial charge in [0.15, 0.2) is 0 Å². The number of amides is 1. The van der Waals surface area contributed by atoms with Crippen molar-refractivity contribution in [3.8, 4) is 11.4 Å². The van der Waals surface area contributed by atoms with Crippen LogP contribution in [0.1, 0.15) is 12.8 Å². The molecule has 1 aliphatic heterocycles. The van der Waals surface area contributed by atoms with Crippen LogP contribution in [-0.2, 0) is 9.53 Å². The molecule has 0 saturated carbocycles. The molecule has 0 aliphatic carbocycles. The van der Waals surface area contributed by atoms with Gasteiger partial charge in [-0.15, -0.1) is 10.2 Å². The number of H-pyrrole nitrogens is 1. The van der Waals surface area contributed by atoms with Crippen LogP contribution in [0.5, 0.6) is 0 Å². The number of carbonyl (C=O) groups excluding carboxylic acids is 1. The van der Waals surface area contributed by atoms with Crippen LogP contribution in [0.25, 0.3) is 11.4 Å². The maximum Gasteiger partial charge on any atom is 0.253 e. The number of hydrogen-bond donors (Lipinski definition) is 3. The van der Waals surface area contributed by atoms with Crippen LogP contribution in [0.4, 0.5) is 5.69 Å². The van der Waals surface area contributed by atoms with Gasteiger partial charge in [-0.3, -0.25) is 4.79 Å². The van der Waals surface area contributed by atoms with E-state index in [0.29, 0.717) is 24.5 Å². The molecule has 1 saturated heterocycles. The molecular formula is C13H16N6O2. The summed E-state index contributed by atoms with van der Waals surface area (Å²) in [7, 11) is 0. The van der Waals surface area contributed by atoms with E-state index in [0.717, 1.165) is 12.0 Å². The highest BCUT2D eigenvalue weighted by molar-refractivity contribution is 5.94. The van der Waals surface area contributed by atoms with Crippen LogP contribution in [-0.4, -0.2) is 45.3 Å². The molecule has 1 aromatic heterocycles. The van der Waals surface area contributed by atoms with Crippen LogP contribution >= 0.6 is 0 Å². The Balaban J connectivity index is 1.62. The van der Waals surface area contributed by atoms with Gasteiger partial charge in [0, 0.05) is 17.8 Å². The molecule has 1 aromatic carbocycles. The number of carbonyl (C=O) groups is 1. The van der Waals surface area contributed by atoms with Gasteiger partial charge in [0.2, 0.25) is 5.82 Å². The van der Waals surface area contributed by atoms with Crippen molar-refractivity contribution in [2.24, 2.45) is 5.73 Å². The van der Waals surface area contributed by atoms with Crippen molar-refractivity contribution in [1.29, 1.82) is 0 Å². The lowest BCUT2D eigenvalue weighted by Crippen LogP contribution is -2.29. The first-order chi connectivity index (χ1) is 10.3. The third-order valence-electron chi connectivity index (χ3n) is 3.42. The highest BCUT2D eigenvalue weighted by atomic mass is 16.5. The standard InChI is InChI=1S/C13H16N6O2/c14-7-10-5-6-11(21-10)13(20)15-9-3-1-8(2-4-9)12-16-18-19-17-12/h1-4,10-11H,5-7,14H2,(H,15,20)(H,16,17,18,19)/t10-,11+/m1/s1.